The molecular weight excluding hydrogens is 251 g/mol. The second-order valence-corrected chi connectivity index (χ2v) is 4.79. The van der Waals surface area contributed by atoms with Crippen molar-refractivity contribution in [2.24, 2.45) is 5.73 Å². The molecular formula is C13H15FN2OS. The van der Waals surface area contributed by atoms with Gasteiger partial charge in [-0.2, -0.15) is 0 Å². The Kier molecular flexibility index (Phi) is 3.91. The van der Waals surface area contributed by atoms with Crippen LogP contribution in [0.4, 0.5) is 10.1 Å². The number of benzene rings is 1. The fourth-order valence-corrected chi connectivity index (χ4v) is 2.42. The Morgan fingerprint density at radius 1 is 1.33 bits per heavy atom. The van der Waals surface area contributed by atoms with E-state index in [1.807, 2.05) is 0 Å². The predicted molar refractivity (Wildman–Crippen MR) is 73.1 cm³/mol. The smallest absolute Gasteiger partial charge is 0.226 e. The Labute approximate surface area is 111 Å². The first kappa shape index (κ1) is 13.0. The van der Waals surface area contributed by atoms with E-state index in [2.05, 4.69) is 0 Å². The lowest BCUT2D eigenvalue weighted by atomic mass is 10.1. The lowest BCUT2D eigenvalue weighted by molar-refractivity contribution is -0.118. The van der Waals surface area contributed by atoms with Gasteiger partial charge in [0.25, 0.3) is 0 Å². The summed E-state index contributed by atoms with van der Waals surface area (Å²) in [5.74, 6) is -0.465. The van der Waals surface area contributed by atoms with Gasteiger partial charge in [-0.05, 0) is 25.0 Å². The molecule has 0 aliphatic carbocycles. The highest BCUT2D eigenvalue weighted by atomic mass is 32.1. The molecule has 1 aliphatic heterocycles. The van der Waals surface area contributed by atoms with Gasteiger partial charge in [-0.25, -0.2) is 4.39 Å². The normalized spacial score (nSPS) is 16.5. The first-order chi connectivity index (χ1) is 8.61. The maximum absolute atomic E-state index is 13.8. The van der Waals surface area contributed by atoms with Crippen LogP contribution in [0, 0.1) is 5.82 Å². The number of nitrogens with two attached hydrogens (primary N) is 1. The van der Waals surface area contributed by atoms with Crippen LogP contribution >= 0.6 is 12.2 Å². The van der Waals surface area contributed by atoms with E-state index in [1.165, 1.54) is 6.07 Å². The van der Waals surface area contributed by atoms with E-state index in [4.69, 9.17) is 18.0 Å². The molecule has 0 saturated carbocycles. The average molecular weight is 266 g/mol. The van der Waals surface area contributed by atoms with E-state index in [0.717, 1.165) is 19.3 Å². The van der Waals surface area contributed by atoms with Crippen LogP contribution in [0.2, 0.25) is 0 Å². The minimum absolute atomic E-state index is 0.00981. The fourth-order valence-electron chi connectivity index (χ4n) is 2.22. The molecule has 18 heavy (non-hydrogen) atoms. The first-order valence-electron chi connectivity index (χ1n) is 6.00. The summed E-state index contributed by atoms with van der Waals surface area (Å²) in [5, 5.41) is 0. The van der Waals surface area contributed by atoms with E-state index < -0.39 is 5.82 Å². The van der Waals surface area contributed by atoms with E-state index in [0.29, 0.717) is 18.7 Å². The van der Waals surface area contributed by atoms with Crippen molar-refractivity contribution in [2.45, 2.75) is 25.7 Å². The minimum atomic E-state index is -0.475. The van der Waals surface area contributed by atoms with Gasteiger partial charge in [0.05, 0.1) is 11.3 Å². The third-order valence-corrected chi connectivity index (χ3v) is 3.31. The topological polar surface area (TPSA) is 46.3 Å². The number of hydrogen-bond acceptors (Lipinski definition) is 2. The molecule has 0 radical (unpaired) electrons. The summed E-state index contributed by atoms with van der Waals surface area (Å²) >= 11 is 4.88. The van der Waals surface area contributed by atoms with Crippen molar-refractivity contribution < 1.29 is 9.18 Å². The number of hydrogen-bond donors (Lipinski definition) is 1. The van der Waals surface area contributed by atoms with E-state index in [9.17, 15) is 9.18 Å². The zero-order valence-corrected chi connectivity index (χ0v) is 10.8. The molecule has 96 valence electrons. The molecule has 0 bridgehead atoms. The third kappa shape index (κ3) is 2.51. The van der Waals surface area contributed by atoms with Crippen LogP contribution in [0.25, 0.3) is 0 Å². The van der Waals surface area contributed by atoms with Crippen molar-refractivity contribution in [3.8, 4) is 0 Å². The summed E-state index contributed by atoms with van der Waals surface area (Å²) in [6, 6.07) is 4.58. The van der Waals surface area contributed by atoms with Gasteiger partial charge < -0.3 is 10.6 Å². The second kappa shape index (κ2) is 5.44. The van der Waals surface area contributed by atoms with Crippen molar-refractivity contribution >= 4 is 28.8 Å². The summed E-state index contributed by atoms with van der Waals surface area (Å²) < 4.78 is 13.8. The highest BCUT2D eigenvalue weighted by Gasteiger charge is 2.23. The van der Waals surface area contributed by atoms with Gasteiger partial charge in [-0.15, -0.1) is 0 Å². The van der Waals surface area contributed by atoms with Crippen LogP contribution in [-0.2, 0) is 4.79 Å². The Bertz CT molecular complexity index is 490. The van der Waals surface area contributed by atoms with E-state index in [1.54, 1.807) is 17.0 Å². The lowest BCUT2D eigenvalue weighted by Crippen LogP contribution is -2.32. The van der Waals surface area contributed by atoms with Gasteiger partial charge in [0.15, 0.2) is 0 Å². The predicted octanol–water partition coefficient (Wildman–Crippen LogP) is 2.37. The van der Waals surface area contributed by atoms with Crippen LogP contribution in [0.15, 0.2) is 18.2 Å². The molecule has 2 rings (SSSR count). The second-order valence-electron chi connectivity index (χ2n) is 4.35. The van der Waals surface area contributed by atoms with Crippen LogP contribution in [-0.4, -0.2) is 17.4 Å². The molecule has 0 atom stereocenters. The molecule has 0 unspecified atom stereocenters. The van der Waals surface area contributed by atoms with Crippen molar-refractivity contribution in [1.29, 1.82) is 0 Å². The Hall–Kier alpha value is -1.49. The zero-order chi connectivity index (χ0) is 13.1. The maximum Gasteiger partial charge on any atom is 0.226 e. The van der Waals surface area contributed by atoms with Crippen molar-refractivity contribution in [2.75, 3.05) is 11.4 Å². The number of rotatable bonds is 2. The highest BCUT2D eigenvalue weighted by Crippen LogP contribution is 2.26. The number of carbonyl (C=O) groups is 1. The van der Waals surface area contributed by atoms with E-state index in [-0.39, 0.29) is 16.5 Å². The first-order valence-corrected chi connectivity index (χ1v) is 6.41. The molecule has 1 saturated heterocycles. The summed E-state index contributed by atoms with van der Waals surface area (Å²) in [7, 11) is 0. The average Bonchev–Trinajstić information content (AvgIpc) is 2.53. The Balaban J connectivity index is 2.46. The lowest BCUT2D eigenvalue weighted by Gasteiger charge is -2.23. The standard InChI is InChI=1S/C13H15FN2OS/c14-9-5-4-6-10(12(9)13(15)18)16-8-3-1-2-7-11(16)17/h4-6H,1-3,7-8H2,(H2,15,18). The molecule has 0 aromatic heterocycles. The summed E-state index contributed by atoms with van der Waals surface area (Å²) in [5.41, 5.74) is 6.22. The molecule has 1 aromatic carbocycles. The van der Waals surface area contributed by atoms with E-state index >= 15 is 0 Å². The molecule has 0 spiro atoms. The number of nitrogens with zero attached hydrogens (tertiary/aromatic N) is 1. The van der Waals surface area contributed by atoms with Gasteiger partial charge in [0, 0.05) is 13.0 Å². The van der Waals surface area contributed by atoms with Crippen molar-refractivity contribution in [1.82, 2.24) is 0 Å². The summed E-state index contributed by atoms with van der Waals surface area (Å²) in [6.45, 7) is 0.595. The molecule has 1 aromatic rings. The quantitative estimate of drug-likeness (QED) is 0.836. The molecule has 3 nitrogen and oxygen atoms in total. The number of thiocarbonyl (C=S) groups is 1. The minimum Gasteiger partial charge on any atom is -0.389 e. The summed E-state index contributed by atoms with van der Waals surface area (Å²) in [4.78, 5) is 13.6. The van der Waals surface area contributed by atoms with Crippen molar-refractivity contribution in [3.63, 3.8) is 0 Å². The SMILES string of the molecule is NC(=S)c1c(F)cccc1N1CCCCCC1=O. The highest BCUT2D eigenvalue weighted by molar-refractivity contribution is 7.80. The summed E-state index contributed by atoms with van der Waals surface area (Å²) in [6.07, 6.45) is 3.30. The van der Waals surface area contributed by atoms with Crippen LogP contribution in [0.5, 0.6) is 0 Å². The molecule has 1 amide bonds. The molecule has 2 N–H and O–H groups in total. The van der Waals surface area contributed by atoms with Gasteiger partial charge >= 0.3 is 0 Å². The van der Waals surface area contributed by atoms with Gasteiger partial charge in [-0.1, -0.05) is 24.7 Å². The van der Waals surface area contributed by atoms with Crippen LogP contribution in [0.3, 0.4) is 0 Å². The van der Waals surface area contributed by atoms with Crippen LogP contribution < -0.4 is 10.6 Å². The molecule has 1 heterocycles. The number of anilines is 1. The number of halogens is 1. The van der Waals surface area contributed by atoms with Gasteiger partial charge in [0.2, 0.25) is 5.91 Å². The molecule has 1 aliphatic rings. The maximum atomic E-state index is 13.8. The zero-order valence-electron chi connectivity index (χ0n) is 9.99. The van der Waals surface area contributed by atoms with Gasteiger partial charge in [0.1, 0.15) is 10.8 Å². The Morgan fingerprint density at radius 3 is 2.83 bits per heavy atom. The molecule has 5 heteroatoms. The van der Waals surface area contributed by atoms with Crippen molar-refractivity contribution in [3.05, 3.63) is 29.6 Å². The van der Waals surface area contributed by atoms with Gasteiger partial charge in [-0.3, -0.25) is 4.79 Å². The Morgan fingerprint density at radius 2 is 2.11 bits per heavy atom. The van der Waals surface area contributed by atoms with Crippen LogP contribution in [0.1, 0.15) is 31.2 Å². The molecule has 1 fully saturated rings. The monoisotopic (exact) mass is 266 g/mol. The third-order valence-electron chi connectivity index (χ3n) is 3.10. The fraction of sp³-hybridized carbons (Fsp3) is 0.385. The number of carbonyl (C=O) groups excluding carboxylic acids is 1. The largest absolute Gasteiger partial charge is 0.389 e. The number of amides is 1.